The van der Waals surface area contributed by atoms with Crippen LogP contribution in [0.3, 0.4) is 0 Å². The predicted molar refractivity (Wildman–Crippen MR) is 325 cm³/mol. The molecule has 0 spiro atoms. The van der Waals surface area contributed by atoms with Crippen molar-refractivity contribution in [2.24, 2.45) is 0 Å². The van der Waals surface area contributed by atoms with Gasteiger partial charge < -0.3 is 77.9 Å². The summed E-state index contributed by atoms with van der Waals surface area (Å²) in [5.41, 5.74) is 2.97. The lowest BCUT2D eigenvalue weighted by molar-refractivity contribution is -0.176. The zero-order valence-corrected chi connectivity index (χ0v) is 52.4. The minimum atomic E-state index is -1.05. The van der Waals surface area contributed by atoms with Gasteiger partial charge in [-0.25, -0.2) is 18.8 Å². The van der Waals surface area contributed by atoms with Crippen molar-refractivity contribution in [1.29, 1.82) is 0 Å². The molecule has 0 aromatic carbocycles. The highest BCUT2D eigenvalue weighted by Crippen LogP contribution is 2.42. The van der Waals surface area contributed by atoms with E-state index in [1.54, 1.807) is 44.2 Å². The first kappa shape index (κ1) is 69.8. The lowest BCUT2D eigenvalue weighted by Crippen LogP contribution is -2.45. The molecule has 448 valence electrons. The summed E-state index contributed by atoms with van der Waals surface area (Å²) in [6.45, 7) is 6.53. The maximum Gasteiger partial charge on any atom is 0.287 e. The van der Waals surface area contributed by atoms with E-state index < -0.39 is 28.8 Å². The van der Waals surface area contributed by atoms with E-state index in [-0.39, 0.29) is 85.0 Å². The Morgan fingerprint density at radius 2 is 1.16 bits per heavy atom. The van der Waals surface area contributed by atoms with Crippen LogP contribution in [-0.4, -0.2) is 193 Å². The Labute approximate surface area is 493 Å². The van der Waals surface area contributed by atoms with Gasteiger partial charge in [0.2, 0.25) is 38.5 Å². The number of nitrogens with zero attached hydrogens (tertiary/aromatic N) is 8. The Hall–Kier alpha value is -3.67. The van der Waals surface area contributed by atoms with Crippen LogP contribution >= 0.6 is 94.0 Å². The number of carbonyl (C=O) groups excluding carboxylic acids is 2. The van der Waals surface area contributed by atoms with Gasteiger partial charge in [-0.3, -0.25) is 24.4 Å². The summed E-state index contributed by atoms with van der Waals surface area (Å²) >= 11 is 13.1. The largest absolute Gasteiger partial charge is 0.400 e. The molecule has 8 rings (SSSR count). The summed E-state index contributed by atoms with van der Waals surface area (Å²) in [5.74, 6) is 0.244. The Kier molecular flexibility index (Phi) is 31.2. The Bertz CT molecular complexity index is 3260. The summed E-state index contributed by atoms with van der Waals surface area (Å²) in [4.78, 5) is 77.5. The summed E-state index contributed by atoms with van der Waals surface area (Å²) in [6.07, 6.45) is 4.19. The molecule has 0 fully saturated rings. The van der Waals surface area contributed by atoms with E-state index in [1.165, 1.54) is 23.0 Å². The van der Waals surface area contributed by atoms with E-state index in [1.807, 2.05) is 54.2 Å². The van der Waals surface area contributed by atoms with Crippen LogP contribution in [0.1, 0.15) is 20.3 Å². The number of thiophene rings is 2. The summed E-state index contributed by atoms with van der Waals surface area (Å²) in [6, 6.07) is 3.89. The number of aliphatic hydroxyl groups excluding tert-OH is 5. The number of hydrogen-bond acceptors (Lipinski definition) is 25. The molecule has 0 aliphatic heterocycles. The van der Waals surface area contributed by atoms with E-state index in [0.717, 1.165) is 53.1 Å². The summed E-state index contributed by atoms with van der Waals surface area (Å²) in [5, 5.41) is 68.5. The van der Waals surface area contributed by atoms with Crippen molar-refractivity contribution < 1.29 is 68.3 Å². The maximum atomic E-state index is 13.4. The topological polar surface area (TPSA) is 385 Å². The van der Waals surface area contributed by atoms with Crippen molar-refractivity contribution in [2.45, 2.75) is 49.2 Å². The van der Waals surface area contributed by atoms with E-state index in [4.69, 9.17) is 39.4 Å². The van der Waals surface area contributed by atoms with Crippen LogP contribution in [-0.2, 0) is 45.3 Å². The predicted octanol–water partition coefficient (Wildman–Crippen LogP) is 4.18. The van der Waals surface area contributed by atoms with Crippen LogP contribution in [0.5, 0.6) is 0 Å². The number of hydrogen-bond donors (Lipinski definition) is 12. The number of rotatable bonds is 27. The standard InChI is InChI=1S/C37H41N12O7PS4.2C3H9O3PS.CH4O.H2O2/c1-37(2,45-26(53)19-61-36-42-28-30(47(36)8-10-51)44-34-40-24(15-49(34)32(28)55)22-5-13-59-17-22)6-11-56-57(3)20-38-25(52)18-60-35-41-27-29(46(35)7-9-50)43-33-39-23(14-48(33)31(27)54)21-4-12-58-16-21;2*1-5-7(8)6-3-2-4;2*1-2/h4-5,12-17,50-51H,6-11,18-20H2,1-3H3,(H,38,52)(H,39,43)(H,40,44)(H,45,53);2*4,8H,2-3H2,1H3;2H,1H3;1-2H/p+1. The van der Waals surface area contributed by atoms with Gasteiger partial charge in [-0.15, -0.1) is 5.26 Å². The number of H-pyrrole nitrogens is 2. The smallest absolute Gasteiger partial charge is 0.287 e. The molecule has 2 amide bonds. The van der Waals surface area contributed by atoms with Crippen LogP contribution < -0.4 is 21.8 Å². The van der Waals surface area contributed by atoms with Gasteiger partial charge in [0.15, 0.2) is 32.6 Å². The molecule has 8 aromatic heterocycles. The van der Waals surface area contributed by atoms with Crippen molar-refractivity contribution in [2.75, 3.05) is 92.0 Å². The quantitative estimate of drug-likeness (QED) is 0.00858. The number of carbonyl (C=O) groups is 2. The van der Waals surface area contributed by atoms with Crippen LogP contribution in [0.15, 0.2) is 65.9 Å². The molecule has 0 saturated heterocycles. The number of aromatic nitrogens is 10. The third kappa shape index (κ3) is 20.5. The van der Waals surface area contributed by atoms with Crippen molar-refractivity contribution in [3.63, 3.8) is 0 Å². The summed E-state index contributed by atoms with van der Waals surface area (Å²) in [7, 11) is 0.894. The second kappa shape index (κ2) is 36.2. The van der Waals surface area contributed by atoms with Crippen LogP contribution in [0.4, 0.5) is 0 Å². The molecule has 0 saturated carbocycles. The number of thiol groups is 2. The van der Waals surface area contributed by atoms with Gasteiger partial charge in [-0.1, -0.05) is 48.0 Å². The van der Waals surface area contributed by atoms with E-state index >= 15 is 0 Å². The molecule has 37 heteroatoms. The number of thioether (sulfide) groups is 2. The number of amides is 2. The van der Waals surface area contributed by atoms with Crippen LogP contribution in [0.2, 0.25) is 0 Å². The third-order valence-electron chi connectivity index (χ3n) is 10.4. The molecule has 0 radical (unpaired) electrons. The normalized spacial score (nSPS) is 12.4. The molecule has 8 heterocycles. The number of aliphatic hydroxyl groups is 5. The van der Waals surface area contributed by atoms with Gasteiger partial charge in [-0.05, 0) is 49.8 Å². The molecule has 3 unspecified atom stereocenters. The molecule has 8 aromatic rings. The van der Waals surface area contributed by atoms with Gasteiger partial charge >= 0.3 is 0 Å². The lowest BCUT2D eigenvalue weighted by Gasteiger charge is -2.27. The molecule has 81 heavy (non-hydrogen) atoms. The van der Waals surface area contributed by atoms with E-state index in [9.17, 15) is 29.4 Å². The monoisotopic (exact) mass is 1300 g/mol. The lowest BCUT2D eigenvalue weighted by atomic mass is 10.0. The number of nitrogens with one attached hydrogen (secondary N) is 4. The molecule has 0 bridgehead atoms. The van der Waals surface area contributed by atoms with Crippen LogP contribution in [0.25, 0.3) is 56.4 Å². The van der Waals surface area contributed by atoms with Crippen molar-refractivity contribution in [3.8, 4) is 22.5 Å². The first-order valence-electron chi connectivity index (χ1n) is 23.7. The van der Waals surface area contributed by atoms with Crippen molar-refractivity contribution >= 4 is 140 Å². The first-order chi connectivity index (χ1) is 39.0. The van der Waals surface area contributed by atoms with Crippen LogP contribution in [0, 0.1) is 0 Å². The average molecular weight is 1300 g/mol. The zero-order chi connectivity index (χ0) is 59.6. The molecule has 0 aliphatic rings. The molecule has 12 N–H and O–H groups in total. The highest BCUT2D eigenvalue weighted by molar-refractivity contribution is 8.42. The number of aromatic amines is 2. The van der Waals surface area contributed by atoms with Gasteiger partial charge in [-0.2, -0.15) is 32.6 Å². The zero-order valence-electron chi connectivity index (χ0n) is 44.6. The van der Waals surface area contributed by atoms with Crippen molar-refractivity contribution in [3.05, 3.63) is 66.8 Å². The molecule has 0 aliphatic carbocycles. The van der Waals surface area contributed by atoms with E-state index in [0.29, 0.717) is 65.7 Å². The second-order valence-electron chi connectivity index (χ2n) is 16.4. The Morgan fingerprint density at radius 3 is 1.56 bits per heavy atom. The SMILES string of the molecule is CO.COP(S)OCCO.COP(S)OCCO.CP(CNC(=O)CSc1nc2c(=O)n3cc(-c4ccsc4)[nH]c3nc2n1CCO)OCCC(C)(C)NC(=O)CSc1nc2c(=O)n3cc(-c4ccsc4)[nH]c3nc2n1CCO.O[OH2+]. The highest BCUT2D eigenvalue weighted by Gasteiger charge is 2.24. The van der Waals surface area contributed by atoms with Gasteiger partial charge in [0.1, 0.15) is 0 Å². The minimum Gasteiger partial charge on any atom is -0.400 e. The van der Waals surface area contributed by atoms with Gasteiger partial charge in [0, 0.05) is 82.4 Å². The molecular formula is C44H66N12O16P3S6+. The third-order valence-corrected chi connectivity index (χ3v) is 18.1. The van der Waals surface area contributed by atoms with Gasteiger partial charge in [0.25, 0.3) is 11.1 Å². The fourth-order valence-corrected chi connectivity index (χ4v) is 11.9. The van der Waals surface area contributed by atoms with Gasteiger partial charge in [0.05, 0.1) is 75.4 Å². The highest BCUT2D eigenvalue weighted by atomic mass is 32.7. The first-order valence-corrected chi connectivity index (χ1v) is 34.1. The number of imidazole rings is 4. The van der Waals surface area contributed by atoms with E-state index in [2.05, 4.69) is 74.1 Å². The summed E-state index contributed by atoms with van der Waals surface area (Å²) < 4.78 is 31.0. The number of fused-ring (bicyclic) bond motifs is 4. The minimum absolute atomic E-state index is 0.0162. The molecule has 28 nitrogen and oxygen atoms in total. The Balaban J connectivity index is 0.000000608. The average Bonchev–Trinajstić information content (AvgIpc) is 4.35. The molecular weight excluding hydrogens is 1240 g/mol. The van der Waals surface area contributed by atoms with Crippen molar-refractivity contribution in [1.82, 2.24) is 58.5 Å². The Morgan fingerprint density at radius 1 is 0.716 bits per heavy atom. The second-order valence-corrected chi connectivity index (χ2v) is 25.8. The fourth-order valence-electron chi connectivity index (χ4n) is 6.86. The molecule has 3 atom stereocenters. The maximum absolute atomic E-state index is 13.4. The fraction of sp³-hybridized carbons (Fsp3) is 0.455.